The maximum absolute atomic E-state index is 11.5. The SMILES string of the molecule is CS(=O)(=O)CCC(Nc1cc(-c2ccc(OCc3ccccc3)cc2)ncn1)C(=O)O. The molecule has 0 saturated carbocycles. The molecule has 0 spiro atoms. The van der Waals surface area contributed by atoms with E-state index in [0.717, 1.165) is 17.4 Å². The highest BCUT2D eigenvalue weighted by Gasteiger charge is 2.20. The third kappa shape index (κ3) is 7.07. The summed E-state index contributed by atoms with van der Waals surface area (Å²) >= 11 is 0. The topological polar surface area (TPSA) is 118 Å². The van der Waals surface area contributed by atoms with Crippen molar-refractivity contribution in [1.82, 2.24) is 9.97 Å². The van der Waals surface area contributed by atoms with Gasteiger partial charge in [-0.25, -0.2) is 23.2 Å². The zero-order valence-electron chi connectivity index (χ0n) is 16.9. The Morgan fingerprint density at radius 1 is 1.10 bits per heavy atom. The van der Waals surface area contributed by atoms with Crippen molar-refractivity contribution in [2.24, 2.45) is 0 Å². The molecule has 9 heteroatoms. The maximum Gasteiger partial charge on any atom is 0.326 e. The largest absolute Gasteiger partial charge is 0.489 e. The molecule has 0 aliphatic heterocycles. The van der Waals surface area contributed by atoms with Gasteiger partial charge in [-0.05, 0) is 36.2 Å². The minimum Gasteiger partial charge on any atom is -0.489 e. The second kappa shape index (κ2) is 10.0. The smallest absolute Gasteiger partial charge is 0.326 e. The molecule has 0 bridgehead atoms. The third-order valence-electron chi connectivity index (χ3n) is 4.46. The average molecular weight is 442 g/mol. The number of hydrogen-bond donors (Lipinski definition) is 2. The molecule has 0 amide bonds. The van der Waals surface area contributed by atoms with Gasteiger partial charge >= 0.3 is 5.97 Å². The van der Waals surface area contributed by atoms with Crippen LogP contribution in [0, 0.1) is 0 Å². The van der Waals surface area contributed by atoms with Gasteiger partial charge in [-0.15, -0.1) is 0 Å². The Hall–Kier alpha value is -3.46. The van der Waals surface area contributed by atoms with Crippen molar-refractivity contribution in [2.75, 3.05) is 17.3 Å². The van der Waals surface area contributed by atoms with Crippen LogP contribution in [0.3, 0.4) is 0 Å². The number of rotatable bonds is 10. The van der Waals surface area contributed by atoms with Gasteiger partial charge in [0.25, 0.3) is 0 Å². The van der Waals surface area contributed by atoms with Crippen LogP contribution in [0.1, 0.15) is 12.0 Å². The van der Waals surface area contributed by atoms with Gasteiger partial charge in [0.15, 0.2) is 0 Å². The van der Waals surface area contributed by atoms with Crippen LogP contribution in [0.5, 0.6) is 5.75 Å². The van der Waals surface area contributed by atoms with Crippen molar-refractivity contribution in [3.8, 4) is 17.0 Å². The van der Waals surface area contributed by atoms with Crippen LogP contribution >= 0.6 is 0 Å². The van der Waals surface area contributed by atoms with Crippen molar-refractivity contribution >= 4 is 21.6 Å². The van der Waals surface area contributed by atoms with E-state index in [1.807, 2.05) is 54.6 Å². The first-order chi connectivity index (χ1) is 14.8. The summed E-state index contributed by atoms with van der Waals surface area (Å²) in [6.07, 6.45) is 2.33. The number of carbonyl (C=O) groups is 1. The standard InChI is InChI=1S/C22H23N3O5S/c1-31(28,29)12-11-19(22(26)27)25-21-13-20(23-15-24-21)17-7-9-18(10-8-17)30-14-16-5-3-2-4-6-16/h2-10,13,15,19H,11-12,14H2,1H3,(H,26,27)(H,23,24,25). The van der Waals surface area contributed by atoms with Gasteiger partial charge in [0.1, 0.15) is 40.4 Å². The molecule has 162 valence electrons. The molecule has 0 saturated heterocycles. The van der Waals surface area contributed by atoms with E-state index in [4.69, 9.17) is 4.74 Å². The maximum atomic E-state index is 11.5. The lowest BCUT2D eigenvalue weighted by atomic mass is 10.1. The minimum absolute atomic E-state index is 0.0685. The van der Waals surface area contributed by atoms with Crippen molar-refractivity contribution in [3.05, 3.63) is 72.6 Å². The first-order valence-electron chi connectivity index (χ1n) is 9.56. The van der Waals surface area contributed by atoms with Gasteiger partial charge in [0.05, 0.1) is 11.4 Å². The number of nitrogens with zero attached hydrogens (tertiary/aromatic N) is 2. The van der Waals surface area contributed by atoms with E-state index in [0.29, 0.717) is 23.9 Å². The number of carboxylic acids is 1. The predicted molar refractivity (Wildman–Crippen MR) is 118 cm³/mol. The van der Waals surface area contributed by atoms with E-state index in [1.165, 1.54) is 6.33 Å². The van der Waals surface area contributed by atoms with E-state index in [1.54, 1.807) is 6.07 Å². The van der Waals surface area contributed by atoms with Gasteiger partial charge in [-0.3, -0.25) is 0 Å². The Kier molecular flexibility index (Phi) is 7.19. The molecule has 3 rings (SSSR count). The Morgan fingerprint density at radius 3 is 2.45 bits per heavy atom. The predicted octanol–water partition coefficient (Wildman–Crippen LogP) is 3.02. The summed E-state index contributed by atoms with van der Waals surface area (Å²) < 4.78 is 28.5. The van der Waals surface area contributed by atoms with Crippen LogP contribution < -0.4 is 10.1 Å². The van der Waals surface area contributed by atoms with Crippen LogP contribution in [0.15, 0.2) is 67.0 Å². The number of nitrogens with one attached hydrogen (secondary N) is 1. The Labute approximate surface area is 180 Å². The van der Waals surface area contributed by atoms with Crippen molar-refractivity contribution < 1.29 is 23.1 Å². The van der Waals surface area contributed by atoms with E-state index in [-0.39, 0.29) is 12.2 Å². The molecule has 0 radical (unpaired) electrons. The lowest BCUT2D eigenvalue weighted by Gasteiger charge is -2.15. The van der Waals surface area contributed by atoms with E-state index in [9.17, 15) is 18.3 Å². The normalized spacial score (nSPS) is 12.2. The first kappa shape index (κ1) is 22.2. The zero-order valence-corrected chi connectivity index (χ0v) is 17.7. The number of aromatic nitrogens is 2. The number of carboxylic acid groups (broad SMARTS) is 1. The molecule has 0 fully saturated rings. The Morgan fingerprint density at radius 2 is 1.81 bits per heavy atom. The molecule has 0 aliphatic carbocycles. The quantitative estimate of drug-likeness (QED) is 0.493. The number of hydrogen-bond acceptors (Lipinski definition) is 7. The zero-order chi connectivity index (χ0) is 22.3. The highest BCUT2D eigenvalue weighted by molar-refractivity contribution is 7.90. The van der Waals surface area contributed by atoms with Crippen LogP contribution in [0.4, 0.5) is 5.82 Å². The van der Waals surface area contributed by atoms with E-state index >= 15 is 0 Å². The fourth-order valence-electron chi connectivity index (χ4n) is 2.82. The second-order valence-electron chi connectivity index (χ2n) is 7.04. The number of benzene rings is 2. The molecule has 0 aliphatic rings. The molecule has 8 nitrogen and oxygen atoms in total. The number of ether oxygens (including phenoxy) is 1. The summed E-state index contributed by atoms with van der Waals surface area (Å²) in [5.74, 6) is -0.370. The summed E-state index contributed by atoms with van der Waals surface area (Å²) in [6, 6.07) is 17.8. The first-order valence-corrected chi connectivity index (χ1v) is 11.6. The van der Waals surface area contributed by atoms with Gasteiger partial charge in [0, 0.05) is 17.9 Å². The molecule has 1 heterocycles. The van der Waals surface area contributed by atoms with Gasteiger partial charge in [0.2, 0.25) is 0 Å². The molecular formula is C22H23N3O5S. The Bertz CT molecular complexity index is 1120. The minimum atomic E-state index is -3.27. The third-order valence-corrected chi connectivity index (χ3v) is 5.44. The summed E-state index contributed by atoms with van der Waals surface area (Å²) in [4.78, 5) is 19.7. The molecule has 3 aromatic rings. The second-order valence-corrected chi connectivity index (χ2v) is 9.30. The van der Waals surface area contributed by atoms with Crippen LogP contribution in [-0.4, -0.2) is 47.5 Å². The summed E-state index contributed by atoms with van der Waals surface area (Å²) in [7, 11) is -3.27. The molecule has 1 atom stereocenters. The fourth-order valence-corrected chi connectivity index (χ4v) is 3.49. The van der Waals surface area contributed by atoms with Gasteiger partial charge < -0.3 is 15.2 Å². The lowest BCUT2D eigenvalue weighted by molar-refractivity contribution is -0.137. The van der Waals surface area contributed by atoms with Crippen molar-refractivity contribution in [1.29, 1.82) is 0 Å². The molecule has 1 aromatic heterocycles. The lowest BCUT2D eigenvalue weighted by Crippen LogP contribution is -2.31. The van der Waals surface area contributed by atoms with Crippen LogP contribution in [-0.2, 0) is 21.2 Å². The highest BCUT2D eigenvalue weighted by atomic mass is 32.2. The van der Waals surface area contributed by atoms with Crippen LogP contribution in [0.25, 0.3) is 11.3 Å². The van der Waals surface area contributed by atoms with E-state index in [2.05, 4.69) is 15.3 Å². The number of aliphatic carboxylic acids is 1. The average Bonchev–Trinajstić information content (AvgIpc) is 2.75. The summed E-state index contributed by atoms with van der Waals surface area (Å²) in [5.41, 5.74) is 2.47. The molecule has 2 aromatic carbocycles. The van der Waals surface area contributed by atoms with Crippen molar-refractivity contribution in [2.45, 2.75) is 19.1 Å². The number of sulfone groups is 1. The van der Waals surface area contributed by atoms with Gasteiger partial charge in [-0.1, -0.05) is 30.3 Å². The van der Waals surface area contributed by atoms with Crippen LogP contribution in [0.2, 0.25) is 0 Å². The molecular weight excluding hydrogens is 418 g/mol. The summed E-state index contributed by atoms with van der Waals surface area (Å²) in [5, 5.41) is 12.1. The Balaban J connectivity index is 1.66. The van der Waals surface area contributed by atoms with E-state index < -0.39 is 21.8 Å². The van der Waals surface area contributed by atoms with Gasteiger partial charge in [-0.2, -0.15) is 0 Å². The molecule has 1 unspecified atom stereocenters. The fraction of sp³-hybridized carbons (Fsp3) is 0.227. The molecule has 2 N–H and O–H groups in total. The van der Waals surface area contributed by atoms with Crippen molar-refractivity contribution in [3.63, 3.8) is 0 Å². The number of anilines is 1. The molecule has 31 heavy (non-hydrogen) atoms. The monoisotopic (exact) mass is 441 g/mol. The highest BCUT2D eigenvalue weighted by Crippen LogP contribution is 2.23. The summed E-state index contributed by atoms with van der Waals surface area (Å²) in [6.45, 7) is 0.464.